The number of para-hydroxylation sites is 1. The second-order valence-corrected chi connectivity index (χ2v) is 8.15. The minimum atomic E-state index is -0.114. The molecule has 27 heavy (non-hydrogen) atoms. The summed E-state index contributed by atoms with van der Waals surface area (Å²) in [5.74, 6) is 0.650. The van der Waals surface area contributed by atoms with E-state index in [0.717, 1.165) is 29.2 Å². The molecule has 0 aliphatic heterocycles. The van der Waals surface area contributed by atoms with Crippen molar-refractivity contribution in [3.63, 3.8) is 0 Å². The second-order valence-electron chi connectivity index (χ2n) is 6.41. The summed E-state index contributed by atoms with van der Waals surface area (Å²) in [5.41, 5.74) is 2.54. The Morgan fingerprint density at radius 2 is 2.00 bits per heavy atom. The van der Waals surface area contributed by atoms with Crippen molar-refractivity contribution in [3.05, 3.63) is 63.7 Å². The highest BCUT2D eigenvalue weighted by atomic mass is 35.5. The number of aromatic amines is 1. The molecule has 0 aliphatic carbocycles. The summed E-state index contributed by atoms with van der Waals surface area (Å²) in [7, 11) is 0. The van der Waals surface area contributed by atoms with E-state index in [-0.39, 0.29) is 10.8 Å². The third kappa shape index (κ3) is 3.47. The number of hydrogen-bond donors (Lipinski definition) is 1. The molecule has 2 heterocycles. The van der Waals surface area contributed by atoms with Crippen LogP contribution in [0, 0.1) is 0 Å². The second kappa shape index (κ2) is 7.37. The molecule has 2 aromatic heterocycles. The fourth-order valence-corrected chi connectivity index (χ4v) is 4.30. The van der Waals surface area contributed by atoms with Crippen LogP contribution in [0.4, 0.5) is 0 Å². The van der Waals surface area contributed by atoms with Gasteiger partial charge in [0.15, 0.2) is 5.16 Å². The topological polar surface area (TPSA) is 63.6 Å². The van der Waals surface area contributed by atoms with Gasteiger partial charge in [0.25, 0.3) is 5.56 Å². The number of thioether (sulfide) groups is 1. The van der Waals surface area contributed by atoms with E-state index in [9.17, 15) is 4.79 Å². The van der Waals surface area contributed by atoms with Gasteiger partial charge in [-0.15, -0.1) is 0 Å². The van der Waals surface area contributed by atoms with E-state index in [1.54, 1.807) is 17.8 Å². The average Bonchev–Trinajstić information content (AvgIpc) is 2.98. The number of fused-ring (bicyclic) bond motifs is 2. The Bertz CT molecular complexity index is 1180. The van der Waals surface area contributed by atoms with Gasteiger partial charge in [-0.25, -0.2) is 9.97 Å². The van der Waals surface area contributed by atoms with Crippen molar-refractivity contribution >= 4 is 45.3 Å². The minimum Gasteiger partial charge on any atom is -0.319 e. The number of imidazole rings is 1. The molecule has 1 atom stereocenters. The van der Waals surface area contributed by atoms with Crippen LogP contribution in [0.1, 0.15) is 31.3 Å². The molecule has 0 spiro atoms. The van der Waals surface area contributed by atoms with Crippen LogP contribution in [0.3, 0.4) is 0 Å². The zero-order chi connectivity index (χ0) is 19.0. The lowest BCUT2D eigenvalue weighted by atomic mass is 10.2. The first kappa shape index (κ1) is 18.1. The highest BCUT2D eigenvalue weighted by molar-refractivity contribution is 7.99. The minimum absolute atomic E-state index is 0.0507. The molecule has 0 bridgehead atoms. The van der Waals surface area contributed by atoms with Gasteiger partial charge in [-0.1, -0.05) is 42.4 Å². The summed E-state index contributed by atoms with van der Waals surface area (Å²) in [6.07, 6.45) is 1.00. The van der Waals surface area contributed by atoms with Gasteiger partial charge in [-0.3, -0.25) is 4.79 Å². The zero-order valence-electron chi connectivity index (χ0n) is 15.1. The van der Waals surface area contributed by atoms with Gasteiger partial charge in [0.2, 0.25) is 0 Å². The SMILES string of the molecule is CCCn1c(SC(C)c2nc3ccccc3c(=O)[nH]2)nc2cc(Cl)ccc21. The lowest BCUT2D eigenvalue weighted by molar-refractivity contribution is 0.637. The van der Waals surface area contributed by atoms with Crippen molar-refractivity contribution in [1.82, 2.24) is 19.5 Å². The number of H-pyrrole nitrogens is 1. The molecule has 4 aromatic rings. The third-order valence-corrected chi connectivity index (χ3v) is 5.76. The molecule has 7 heteroatoms. The number of benzene rings is 2. The summed E-state index contributed by atoms with van der Waals surface area (Å²) in [6, 6.07) is 13.2. The normalized spacial score (nSPS) is 12.7. The summed E-state index contributed by atoms with van der Waals surface area (Å²) >= 11 is 7.71. The largest absolute Gasteiger partial charge is 0.319 e. The van der Waals surface area contributed by atoms with Crippen LogP contribution in [0.15, 0.2) is 52.4 Å². The maximum Gasteiger partial charge on any atom is 0.258 e. The van der Waals surface area contributed by atoms with Gasteiger partial charge < -0.3 is 9.55 Å². The molecular weight excluding hydrogens is 380 g/mol. The van der Waals surface area contributed by atoms with Crippen molar-refractivity contribution < 1.29 is 0 Å². The number of hydrogen-bond acceptors (Lipinski definition) is 4. The van der Waals surface area contributed by atoms with Crippen LogP contribution in [-0.4, -0.2) is 19.5 Å². The molecule has 0 saturated carbocycles. The van der Waals surface area contributed by atoms with Gasteiger partial charge >= 0.3 is 0 Å². The Morgan fingerprint density at radius 3 is 2.81 bits per heavy atom. The maximum atomic E-state index is 12.4. The van der Waals surface area contributed by atoms with E-state index in [1.807, 2.05) is 43.3 Å². The van der Waals surface area contributed by atoms with Crippen molar-refractivity contribution in [3.8, 4) is 0 Å². The predicted molar refractivity (Wildman–Crippen MR) is 112 cm³/mol. The molecule has 1 unspecified atom stereocenters. The summed E-state index contributed by atoms with van der Waals surface area (Å²) in [4.78, 5) is 24.7. The Balaban J connectivity index is 1.73. The van der Waals surface area contributed by atoms with Gasteiger partial charge in [0.1, 0.15) is 5.82 Å². The summed E-state index contributed by atoms with van der Waals surface area (Å²) < 4.78 is 2.20. The van der Waals surface area contributed by atoms with Gasteiger partial charge in [-0.2, -0.15) is 0 Å². The number of halogens is 1. The Kier molecular flexibility index (Phi) is 4.93. The lowest BCUT2D eigenvalue weighted by Gasteiger charge is -2.12. The highest BCUT2D eigenvalue weighted by Crippen LogP contribution is 2.35. The van der Waals surface area contributed by atoms with Crippen LogP contribution in [0.25, 0.3) is 21.9 Å². The number of rotatable bonds is 5. The van der Waals surface area contributed by atoms with E-state index < -0.39 is 0 Å². The molecule has 0 amide bonds. The molecule has 0 saturated heterocycles. The monoisotopic (exact) mass is 398 g/mol. The summed E-state index contributed by atoms with van der Waals surface area (Å²) in [6.45, 7) is 5.04. The lowest BCUT2D eigenvalue weighted by Crippen LogP contribution is -2.13. The van der Waals surface area contributed by atoms with Gasteiger partial charge in [-0.05, 0) is 43.7 Å². The smallest absolute Gasteiger partial charge is 0.258 e. The molecule has 0 aliphatic rings. The molecular formula is C20H19ClN4OS. The first-order valence-corrected chi connectivity index (χ1v) is 10.1. The molecule has 2 aromatic carbocycles. The predicted octanol–water partition coefficient (Wildman–Crippen LogP) is 5.19. The Hall–Kier alpha value is -2.31. The van der Waals surface area contributed by atoms with Crippen molar-refractivity contribution in [2.24, 2.45) is 0 Å². The summed E-state index contributed by atoms with van der Waals surface area (Å²) in [5, 5.41) is 2.13. The van der Waals surface area contributed by atoms with Crippen LogP contribution in [0.5, 0.6) is 0 Å². The van der Waals surface area contributed by atoms with Crippen LogP contribution in [-0.2, 0) is 6.54 Å². The molecule has 0 fully saturated rings. The van der Waals surface area contributed by atoms with Crippen LogP contribution in [0.2, 0.25) is 5.02 Å². The van der Waals surface area contributed by atoms with Crippen molar-refractivity contribution in [1.29, 1.82) is 0 Å². The first-order chi connectivity index (χ1) is 13.1. The van der Waals surface area contributed by atoms with Crippen LogP contribution < -0.4 is 5.56 Å². The Morgan fingerprint density at radius 1 is 1.19 bits per heavy atom. The van der Waals surface area contributed by atoms with Crippen LogP contribution >= 0.6 is 23.4 Å². The fourth-order valence-electron chi connectivity index (χ4n) is 3.12. The van der Waals surface area contributed by atoms with E-state index in [2.05, 4.69) is 21.5 Å². The number of nitrogens with one attached hydrogen (secondary N) is 1. The highest BCUT2D eigenvalue weighted by Gasteiger charge is 2.18. The van der Waals surface area contributed by atoms with Gasteiger partial charge in [0.05, 0.1) is 27.2 Å². The van der Waals surface area contributed by atoms with E-state index in [1.165, 1.54) is 0 Å². The fraction of sp³-hybridized carbons (Fsp3) is 0.250. The van der Waals surface area contributed by atoms with Crippen molar-refractivity contribution in [2.45, 2.75) is 37.2 Å². The quantitative estimate of drug-likeness (QED) is 0.470. The third-order valence-electron chi connectivity index (χ3n) is 4.42. The molecule has 1 N–H and O–H groups in total. The number of aromatic nitrogens is 4. The molecule has 5 nitrogen and oxygen atoms in total. The maximum absolute atomic E-state index is 12.4. The van der Waals surface area contributed by atoms with Gasteiger partial charge in [0, 0.05) is 11.6 Å². The van der Waals surface area contributed by atoms with E-state index in [4.69, 9.17) is 16.6 Å². The molecule has 4 rings (SSSR count). The Labute approximate surface area is 165 Å². The molecule has 138 valence electrons. The molecule has 0 radical (unpaired) electrons. The first-order valence-electron chi connectivity index (χ1n) is 8.88. The number of nitrogens with zero attached hydrogens (tertiary/aromatic N) is 3. The van der Waals surface area contributed by atoms with E-state index in [0.29, 0.717) is 21.7 Å². The zero-order valence-corrected chi connectivity index (χ0v) is 16.6. The number of aryl methyl sites for hydroxylation is 1. The average molecular weight is 399 g/mol. The van der Waals surface area contributed by atoms with E-state index >= 15 is 0 Å². The van der Waals surface area contributed by atoms with Crippen molar-refractivity contribution in [2.75, 3.05) is 0 Å². The standard InChI is InChI=1S/C20H19ClN4OS/c1-3-10-25-17-9-8-13(21)11-16(17)23-20(25)27-12(2)18-22-15-7-5-4-6-14(15)19(26)24-18/h4-9,11-12H,3,10H2,1-2H3,(H,22,24,26).